The van der Waals surface area contributed by atoms with E-state index in [2.05, 4.69) is 0 Å². The van der Waals surface area contributed by atoms with Gasteiger partial charge in [0.25, 0.3) is 0 Å². The molecule has 1 aromatic carbocycles. The van der Waals surface area contributed by atoms with Crippen LogP contribution >= 0.6 is 0 Å². The molecule has 0 radical (unpaired) electrons. The molecule has 0 bridgehead atoms. The highest BCUT2D eigenvalue weighted by molar-refractivity contribution is 5.71. The molecule has 2 rings (SSSR count). The third kappa shape index (κ3) is 1.83. The van der Waals surface area contributed by atoms with E-state index >= 15 is 0 Å². The van der Waals surface area contributed by atoms with Crippen LogP contribution in [0.25, 0.3) is 0 Å². The number of carboxylic acids is 1. The molecule has 4 heteroatoms. The molecule has 0 aromatic heterocycles. The molecule has 1 atom stereocenters. The number of fused-ring (bicyclic) bond motifs is 1. The average Bonchev–Trinajstić information content (AvgIpc) is 2.22. The van der Waals surface area contributed by atoms with Gasteiger partial charge in [-0.2, -0.15) is 0 Å². The number of hydrogen-bond donors (Lipinski definition) is 2. The summed E-state index contributed by atoms with van der Waals surface area (Å²) in [6.45, 7) is 0.780. The lowest BCUT2D eigenvalue weighted by Gasteiger charge is -2.33. The van der Waals surface area contributed by atoms with E-state index in [1.807, 2.05) is 18.0 Å². The van der Waals surface area contributed by atoms with Crippen LogP contribution in [0.3, 0.4) is 0 Å². The third-order valence-electron chi connectivity index (χ3n) is 3.10. The second kappa shape index (κ2) is 4.04. The van der Waals surface area contributed by atoms with Crippen LogP contribution in [-0.4, -0.2) is 29.8 Å². The number of aromatic hydroxyl groups is 1. The Bertz CT molecular complexity index is 417. The molecule has 4 nitrogen and oxygen atoms in total. The molecule has 86 valence electrons. The lowest BCUT2D eigenvalue weighted by atomic mass is 9.87. The Labute approximate surface area is 94.1 Å². The highest BCUT2D eigenvalue weighted by Crippen LogP contribution is 2.41. The van der Waals surface area contributed by atoms with E-state index in [-0.39, 0.29) is 18.1 Å². The number of carboxylic acid groups (broad SMARTS) is 1. The van der Waals surface area contributed by atoms with Crippen LogP contribution in [0.15, 0.2) is 18.2 Å². The maximum atomic E-state index is 10.8. The number of hydrogen-bond acceptors (Lipinski definition) is 3. The van der Waals surface area contributed by atoms with E-state index in [0.717, 1.165) is 24.2 Å². The fourth-order valence-corrected chi connectivity index (χ4v) is 2.33. The van der Waals surface area contributed by atoms with Crippen molar-refractivity contribution in [1.82, 2.24) is 0 Å². The second-order valence-electron chi connectivity index (χ2n) is 4.22. The van der Waals surface area contributed by atoms with Crippen molar-refractivity contribution in [3.8, 4) is 5.75 Å². The normalized spacial score (nSPS) is 19.3. The van der Waals surface area contributed by atoms with Crippen LogP contribution in [0.2, 0.25) is 0 Å². The van der Waals surface area contributed by atoms with Crippen LogP contribution in [0.1, 0.15) is 24.3 Å². The molecule has 0 saturated heterocycles. The Kier molecular flexibility index (Phi) is 2.73. The van der Waals surface area contributed by atoms with Gasteiger partial charge in [0.1, 0.15) is 5.75 Å². The number of phenols is 1. The molecule has 1 aromatic rings. The first kappa shape index (κ1) is 10.8. The fraction of sp³-hybridized carbons (Fsp3) is 0.417. The van der Waals surface area contributed by atoms with Gasteiger partial charge in [-0.05, 0) is 24.0 Å². The number of benzene rings is 1. The number of carbonyl (C=O) groups is 1. The Morgan fingerprint density at radius 2 is 2.31 bits per heavy atom. The minimum atomic E-state index is -0.788. The zero-order chi connectivity index (χ0) is 11.7. The quantitative estimate of drug-likeness (QED) is 0.799. The largest absolute Gasteiger partial charge is 0.506 e. The third-order valence-corrected chi connectivity index (χ3v) is 3.10. The van der Waals surface area contributed by atoms with Gasteiger partial charge in [-0.3, -0.25) is 4.79 Å². The van der Waals surface area contributed by atoms with E-state index in [1.54, 1.807) is 12.1 Å². The van der Waals surface area contributed by atoms with Gasteiger partial charge in [-0.15, -0.1) is 0 Å². The van der Waals surface area contributed by atoms with E-state index in [9.17, 15) is 9.90 Å². The summed E-state index contributed by atoms with van der Waals surface area (Å²) in [6, 6.07) is 5.30. The lowest BCUT2D eigenvalue weighted by Crippen LogP contribution is -2.28. The summed E-state index contributed by atoms with van der Waals surface area (Å²) < 4.78 is 0. The van der Waals surface area contributed by atoms with Crippen molar-refractivity contribution in [2.45, 2.75) is 18.8 Å². The molecule has 1 aliphatic heterocycles. The minimum absolute atomic E-state index is 0.01000. The van der Waals surface area contributed by atoms with Gasteiger partial charge in [0.2, 0.25) is 0 Å². The number of rotatable bonds is 2. The lowest BCUT2D eigenvalue weighted by molar-refractivity contribution is -0.137. The van der Waals surface area contributed by atoms with Crippen molar-refractivity contribution in [2.75, 3.05) is 18.5 Å². The van der Waals surface area contributed by atoms with Gasteiger partial charge in [-0.1, -0.05) is 12.1 Å². The Balaban J connectivity index is 2.40. The van der Waals surface area contributed by atoms with Crippen molar-refractivity contribution >= 4 is 11.7 Å². The van der Waals surface area contributed by atoms with Crippen LogP contribution < -0.4 is 4.90 Å². The van der Waals surface area contributed by atoms with Gasteiger partial charge < -0.3 is 15.1 Å². The molecule has 1 aliphatic rings. The molecule has 1 unspecified atom stereocenters. The average molecular weight is 221 g/mol. The monoisotopic (exact) mass is 221 g/mol. The topological polar surface area (TPSA) is 60.8 Å². The van der Waals surface area contributed by atoms with E-state index in [0.29, 0.717) is 0 Å². The first-order valence-corrected chi connectivity index (χ1v) is 5.34. The van der Waals surface area contributed by atoms with Crippen LogP contribution in [-0.2, 0) is 4.79 Å². The Hall–Kier alpha value is -1.71. The number of nitrogens with zero attached hydrogens (tertiary/aromatic N) is 1. The van der Waals surface area contributed by atoms with E-state index in [1.165, 1.54) is 0 Å². The minimum Gasteiger partial charge on any atom is -0.506 e. The van der Waals surface area contributed by atoms with Gasteiger partial charge in [0, 0.05) is 13.6 Å². The summed E-state index contributed by atoms with van der Waals surface area (Å²) >= 11 is 0. The van der Waals surface area contributed by atoms with Gasteiger partial charge in [0.05, 0.1) is 12.1 Å². The van der Waals surface area contributed by atoms with Crippen LogP contribution in [0.4, 0.5) is 5.69 Å². The predicted molar refractivity (Wildman–Crippen MR) is 61.0 cm³/mol. The summed E-state index contributed by atoms with van der Waals surface area (Å²) in [7, 11) is 1.91. The molecule has 16 heavy (non-hydrogen) atoms. The summed E-state index contributed by atoms with van der Waals surface area (Å²) in [5.41, 5.74) is 1.72. The summed E-state index contributed by atoms with van der Waals surface area (Å²) in [6.07, 6.45) is 0.948. The molecule has 0 aliphatic carbocycles. The van der Waals surface area contributed by atoms with Crippen molar-refractivity contribution in [3.05, 3.63) is 23.8 Å². The van der Waals surface area contributed by atoms with Crippen LogP contribution in [0, 0.1) is 0 Å². The molecule has 1 heterocycles. The SMILES string of the molecule is CN1CCC(CC(=O)O)c2cccc(O)c21. The van der Waals surface area contributed by atoms with Gasteiger partial charge in [-0.25, -0.2) is 0 Å². The van der Waals surface area contributed by atoms with Crippen molar-refractivity contribution in [1.29, 1.82) is 0 Å². The zero-order valence-electron chi connectivity index (χ0n) is 9.18. The predicted octanol–water partition coefficient (Wildman–Crippen LogP) is 1.79. The highest BCUT2D eigenvalue weighted by atomic mass is 16.4. The molecular weight excluding hydrogens is 206 g/mol. The fourth-order valence-electron chi connectivity index (χ4n) is 2.33. The molecule has 2 N–H and O–H groups in total. The first-order valence-electron chi connectivity index (χ1n) is 5.34. The summed E-state index contributed by atoms with van der Waals surface area (Å²) in [5, 5.41) is 18.6. The highest BCUT2D eigenvalue weighted by Gasteiger charge is 2.26. The maximum absolute atomic E-state index is 10.8. The summed E-state index contributed by atoms with van der Waals surface area (Å²) in [5.74, 6) is -0.547. The van der Waals surface area contributed by atoms with E-state index < -0.39 is 5.97 Å². The van der Waals surface area contributed by atoms with Crippen molar-refractivity contribution in [2.24, 2.45) is 0 Å². The maximum Gasteiger partial charge on any atom is 0.303 e. The number of aliphatic carboxylic acids is 1. The zero-order valence-corrected chi connectivity index (χ0v) is 9.18. The Morgan fingerprint density at radius 1 is 1.56 bits per heavy atom. The van der Waals surface area contributed by atoms with Gasteiger partial charge in [0.15, 0.2) is 0 Å². The molecule has 0 spiro atoms. The first-order chi connectivity index (χ1) is 7.59. The number of para-hydroxylation sites is 1. The molecule has 0 saturated carbocycles. The Morgan fingerprint density at radius 3 is 3.00 bits per heavy atom. The van der Waals surface area contributed by atoms with Crippen LogP contribution in [0.5, 0.6) is 5.75 Å². The molecule has 0 amide bonds. The second-order valence-corrected chi connectivity index (χ2v) is 4.22. The smallest absolute Gasteiger partial charge is 0.303 e. The standard InChI is InChI=1S/C12H15NO3/c1-13-6-5-8(7-11(15)16)9-3-2-4-10(14)12(9)13/h2-4,8,14H,5-7H2,1H3,(H,15,16). The molecule has 0 fully saturated rings. The molecular formula is C12H15NO3. The van der Waals surface area contributed by atoms with Gasteiger partial charge >= 0.3 is 5.97 Å². The number of anilines is 1. The summed E-state index contributed by atoms with van der Waals surface area (Å²) in [4.78, 5) is 12.7. The van der Waals surface area contributed by atoms with Crippen molar-refractivity contribution < 1.29 is 15.0 Å². The van der Waals surface area contributed by atoms with E-state index in [4.69, 9.17) is 5.11 Å². The van der Waals surface area contributed by atoms with Crippen molar-refractivity contribution in [3.63, 3.8) is 0 Å². The number of phenolic OH excluding ortho intramolecular Hbond substituents is 1.